The molecule has 0 radical (unpaired) electrons. The van der Waals surface area contributed by atoms with Crippen molar-refractivity contribution in [3.8, 4) is 0 Å². The summed E-state index contributed by atoms with van der Waals surface area (Å²) in [6.45, 7) is 1.97. The van der Waals surface area contributed by atoms with Crippen molar-refractivity contribution < 1.29 is 18.5 Å². The Morgan fingerprint density at radius 2 is 2.30 bits per heavy atom. The molecule has 2 aromatic heterocycles. The molecule has 0 N–H and O–H groups in total. The van der Waals surface area contributed by atoms with Gasteiger partial charge < -0.3 is 13.7 Å². The Morgan fingerprint density at radius 1 is 1.45 bits per heavy atom. The molecule has 1 aliphatic rings. The molecule has 1 aliphatic carbocycles. The molecule has 1 saturated carbocycles. The lowest BCUT2D eigenvalue weighted by molar-refractivity contribution is 0.0475. The highest BCUT2D eigenvalue weighted by Gasteiger charge is 2.29. The Balaban J connectivity index is 1.56. The number of carbonyl (C=O) groups excluding carboxylic acids is 1. The molecule has 2 aromatic rings. The molecule has 2 heterocycles. The van der Waals surface area contributed by atoms with E-state index in [0.29, 0.717) is 23.4 Å². The van der Waals surface area contributed by atoms with Gasteiger partial charge >= 0.3 is 11.9 Å². The Kier molecular flexibility index (Phi) is 3.68. The van der Waals surface area contributed by atoms with Crippen LogP contribution in [0.3, 0.4) is 0 Å². The largest absolute Gasteiger partial charge is 0.459 e. The normalized spacial score (nSPS) is 14.4. The number of aromatic nitrogens is 4. The van der Waals surface area contributed by atoms with E-state index in [1.165, 1.54) is 11.8 Å². The number of ether oxygens (including phenoxy) is 1. The molecule has 1 fully saturated rings. The molecule has 0 aliphatic heterocycles. The van der Waals surface area contributed by atoms with Gasteiger partial charge in [-0.1, -0.05) is 22.0 Å². The van der Waals surface area contributed by atoms with Gasteiger partial charge in [0.25, 0.3) is 5.22 Å². The molecule has 0 amide bonds. The summed E-state index contributed by atoms with van der Waals surface area (Å²) < 4.78 is 15.1. The molecule has 106 valence electrons. The fourth-order valence-electron chi connectivity index (χ4n) is 1.49. The molecule has 0 atom stereocenters. The maximum Gasteiger partial charge on any atom is 0.396 e. The zero-order valence-corrected chi connectivity index (χ0v) is 11.6. The van der Waals surface area contributed by atoms with Crippen LogP contribution in [-0.2, 0) is 10.5 Å². The number of hydrogen-bond acceptors (Lipinski definition) is 9. The Labute approximate surface area is 118 Å². The molecule has 0 unspecified atom stereocenters. The fraction of sp³-hybridized carbons (Fsp3) is 0.545. The standard InChI is InChI=1S/C11H12N4O4S/c1-2-17-10(16)9-13-14-11(18-9)20-5-7-12-8(19-15-7)6-3-4-6/h6H,2-5H2,1H3. The Morgan fingerprint density at radius 3 is 3.05 bits per heavy atom. The molecule has 0 bridgehead atoms. The molecule has 0 saturated heterocycles. The highest BCUT2D eigenvalue weighted by molar-refractivity contribution is 7.98. The van der Waals surface area contributed by atoms with Crippen molar-refractivity contribution in [3.63, 3.8) is 0 Å². The van der Waals surface area contributed by atoms with Crippen LogP contribution >= 0.6 is 11.8 Å². The van der Waals surface area contributed by atoms with E-state index < -0.39 is 5.97 Å². The van der Waals surface area contributed by atoms with Gasteiger partial charge in [-0.3, -0.25) is 0 Å². The minimum absolute atomic E-state index is 0.152. The smallest absolute Gasteiger partial charge is 0.396 e. The lowest BCUT2D eigenvalue weighted by Gasteiger charge is -1.94. The Bertz CT molecular complexity index is 607. The van der Waals surface area contributed by atoms with E-state index in [9.17, 15) is 4.79 Å². The fourth-order valence-corrected chi connectivity index (χ4v) is 2.10. The number of hydrogen-bond donors (Lipinski definition) is 0. The predicted molar refractivity (Wildman–Crippen MR) is 66.1 cm³/mol. The molecule has 0 aromatic carbocycles. The maximum absolute atomic E-state index is 11.4. The van der Waals surface area contributed by atoms with Crippen molar-refractivity contribution in [2.45, 2.75) is 36.7 Å². The van der Waals surface area contributed by atoms with Crippen molar-refractivity contribution in [2.24, 2.45) is 0 Å². The third kappa shape index (κ3) is 2.98. The molecule has 8 nitrogen and oxygen atoms in total. The summed E-state index contributed by atoms with van der Waals surface area (Å²) >= 11 is 1.24. The summed E-state index contributed by atoms with van der Waals surface area (Å²) in [5.74, 6) is 1.37. The predicted octanol–water partition coefficient (Wildman–Crippen LogP) is 1.80. The average Bonchev–Trinajstić information content (AvgIpc) is 3.01. The number of thioether (sulfide) groups is 1. The van der Waals surface area contributed by atoms with Crippen molar-refractivity contribution in [2.75, 3.05) is 6.61 Å². The lowest BCUT2D eigenvalue weighted by atomic mass is 10.4. The number of rotatable bonds is 6. The van der Waals surface area contributed by atoms with Crippen LogP contribution in [0.1, 0.15) is 48.1 Å². The Hall–Kier alpha value is -1.90. The molecule has 9 heteroatoms. The van der Waals surface area contributed by atoms with E-state index in [-0.39, 0.29) is 17.7 Å². The summed E-state index contributed by atoms with van der Waals surface area (Å²) in [4.78, 5) is 15.6. The maximum atomic E-state index is 11.4. The van der Waals surface area contributed by atoms with E-state index in [1.807, 2.05) is 0 Å². The third-order valence-corrected chi connectivity index (χ3v) is 3.41. The number of nitrogens with zero attached hydrogens (tertiary/aromatic N) is 4. The van der Waals surface area contributed by atoms with E-state index in [4.69, 9.17) is 13.7 Å². The minimum Gasteiger partial charge on any atom is -0.459 e. The van der Waals surface area contributed by atoms with E-state index in [0.717, 1.165) is 12.8 Å². The van der Waals surface area contributed by atoms with Crippen LogP contribution in [-0.4, -0.2) is 32.9 Å². The van der Waals surface area contributed by atoms with Crippen LogP contribution in [0.2, 0.25) is 0 Å². The highest BCUT2D eigenvalue weighted by Crippen LogP contribution is 2.39. The number of esters is 1. The number of carbonyl (C=O) groups is 1. The topological polar surface area (TPSA) is 104 Å². The van der Waals surface area contributed by atoms with Gasteiger partial charge in [0.2, 0.25) is 5.89 Å². The average molecular weight is 296 g/mol. The summed E-state index contributed by atoms with van der Waals surface area (Å²) in [5, 5.41) is 11.5. The van der Waals surface area contributed by atoms with Gasteiger partial charge in [0.1, 0.15) is 0 Å². The van der Waals surface area contributed by atoms with Crippen LogP contribution in [0.15, 0.2) is 14.2 Å². The van der Waals surface area contributed by atoms with Gasteiger partial charge in [0, 0.05) is 5.92 Å². The van der Waals surface area contributed by atoms with Crippen LogP contribution in [0, 0.1) is 0 Å². The van der Waals surface area contributed by atoms with Crippen molar-refractivity contribution in [1.29, 1.82) is 0 Å². The van der Waals surface area contributed by atoms with Gasteiger partial charge in [-0.2, -0.15) is 4.98 Å². The summed E-state index contributed by atoms with van der Waals surface area (Å²) in [6, 6.07) is 0. The lowest BCUT2D eigenvalue weighted by Crippen LogP contribution is -2.04. The second kappa shape index (κ2) is 5.61. The van der Waals surface area contributed by atoms with Crippen molar-refractivity contribution in [1.82, 2.24) is 20.3 Å². The molecule has 3 rings (SSSR count). The zero-order valence-electron chi connectivity index (χ0n) is 10.7. The SMILES string of the molecule is CCOC(=O)c1nnc(SCc2noc(C3CC3)n2)o1. The first-order valence-electron chi connectivity index (χ1n) is 6.22. The summed E-state index contributed by atoms with van der Waals surface area (Å²) in [7, 11) is 0. The summed E-state index contributed by atoms with van der Waals surface area (Å²) in [6.07, 6.45) is 2.22. The molecule has 20 heavy (non-hydrogen) atoms. The molecular formula is C11H12N4O4S. The van der Waals surface area contributed by atoms with Crippen LogP contribution in [0.4, 0.5) is 0 Å². The van der Waals surface area contributed by atoms with Gasteiger partial charge in [-0.05, 0) is 19.8 Å². The second-order valence-corrected chi connectivity index (χ2v) is 5.13. The molecule has 0 spiro atoms. The minimum atomic E-state index is -0.623. The van der Waals surface area contributed by atoms with E-state index in [2.05, 4.69) is 20.3 Å². The first kappa shape index (κ1) is 13.1. The van der Waals surface area contributed by atoms with Crippen LogP contribution in [0.25, 0.3) is 0 Å². The monoisotopic (exact) mass is 296 g/mol. The first-order chi connectivity index (χ1) is 9.76. The quantitative estimate of drug-likeness (QED) is 0.582. The van der Waals surface area contributed by atoms with Gasteiger partial charge in [-0.25, -0.2) is 4.79 Å². The summed E-state index contributed by atoms with van der Waals surface area (Å²) in [5.41, 5.74) is 0. The van der Waals surface area contributed by atoms with E-state index >= 15 is 0 Å². The first-order valence-corrected chi connectivity index (χ1v) is 7.20. The zero-order chi connectivity index (χ0) is 13.9. The third-order valence-electron chi connectivity index (χ3n) is 2.59. The highest BCUT2D eigenvalue weighted by atomic mass is 32.2. The van der Waals surface area contributed by atoms with Crippen molar-refractivity contribution >= 4 is 17.7 Å². The van der Waals surface area contributed by atoms with Crippen LogP contribution in [0.5, 0.6) is 0 Å². The van der Waals surface area contributed by atoms with Crippen LogP contribution < -0.4 is 0 Å². The van der Waals surface area contributed by atoms with Gasteiger partial charge in [-0.15, -0.1) is 5.10 Å². The van der Waals surface area contributed by atoms with Crippen molar-refractivity contribution in [3.05, 3.63) is 17.6 Å². The van der Waals surface area contributed by atoms with E-state index in [1.54, 1.807) is 6.92 Å². The van der Waals surface area contributed by atoms with Gasteiger partial charge in [0.05, 0.1) is 12.4 Å². The second-order valence-electron chi connectivity index (χ2n) is 4.21. The van der Waals surface area contributed by atoms with Gasteiger partial charge in [0.15, 0.2) is 5.82 Å². The molecular weight excluding hydrogens is 284 g/mol.